The number of carboxylic acid groups (broad SMARTS) is 1. The highest BCUT2D eigenvalue weighted by atomic mass is 16.4. The van der Waals surface area contributed by atoms with Crippen LogP contribution in [0, 0.1) is 18.8 Å². The van der Waals surface area contributed by atoms with E-state index in [9.17, 15) is 4.79 Å². The molecule has 4 heteroatoms. The van der Waals surface area contributed by atoms with Gasteiger partial charge in [0.1, 0.15) is 5.76 Å². The zero-order valence-corrected chi connectivity index (χ0v) is 12.4. The number of furan rings is 1. The van der Waals surface area contributed by atoms with E-state index >= 15 is 0 Å². The van der Waals surface area contributed by atoms with Gasteiger partial charge in [-0.15, -0.1) is 0 Å². The van der Waals surface area contributed by atoms with E-state index in [1.165, 1.54) is 32.1 Å². The summed E-state index contributed by atoms with van der Waals surface area (Å²) in [6, 6.07) is 1.81. The van der Waals surface area contributed by atoms with Gasteiger partial charge in [0.15, 0.2) is 0 Å². The zero-order chi connectivity index (χ0) is 14.5. The number of carbonyl (C=O) groups is 1. The Morgan fingerprint density at radius 3 is 2.55 bits per heavy atom. The molecule has 0 bridgehead atoms. The maximum atomic E-state index is 10.9. The van der Waals surface area contributed by atoms with E-state index in [0.717, 1.165) is 18.4 Å². The van der Waals surface area contributed by atoms with Crippen molar-refractivity contribution in [2.24, 2.45) is 11.8 Å². The number of hydrogen-bond acceptors (Lipinski definition) is 3. The van der Waals surface area contributed by atoms with Crippen LogP contribution in [0.1, 0.15) is 60.9 Å². The predicted octanol–water partition coefficient (Wildman–Crippen LogP) is 3.59. The largest absolute Gasteiger partial charge is 0.475 e. The van der Waals surface area contributed by atoms with Crippen molar-refractivity contribution in [3.8, 4) is 0 Å². The molecule has 0 radical (unpaired) electrons. The number of rotatable bonds is 6. The number of aryl methyl sites for hydroxylation is 1. The van der Waals surface area contributed by atoms with Crippen molar-refractivity contribution >= 4 is 5.97 Å². The third-order valence-corrected chi connectivity index (χ3v) is 4.44. The van der Waals surface area contributed by atoms with Gasteiger partial charge in [0.05, 0.1) is 6.54 Å². The normalized spacial score (nSPS) is 22.9. The van der Waals surface area contributed by atoms with Gasteiger partial charge in [-0.3, -0.25) is 0 Å². The summed E-state index contributed by atoms with van der Waals surface area (Å²) in [5.74, 6) is 1.46. The molecule has 0 atom stereocenters. The van der Waals surface area contributed by atoms with Crippen LogP contribution in [0.2, 0.25) is 0 Å². The summed E-state index contributed by atoms with van der Waals surface area (Å²) in [6.45, 7) is 5.66. The van der Waals surface area contributed by atoms with E-state index in [0.29, 0.717) is 17.9 Å². The number of nitrogens with one attached hydrogen (secondary N) is 1. The lowest BCUT2D eigenvalue weighted by Crippen LogP contribution is -2.26. The molecule has 2 N–H and O–H groups in total. The van der Waals surface area contributed by atoms with Gasteiger partial charge in [0.25, 0.3) is 0 Å². The molecule has 0 aliphatic heterocycles. The first-order chi connectivity index (χ1) is 9.60. The van der Waals surface area contributed by atoms with Crippen molar-refractivity contribution in [3.05, 3.63) is 23.2 Å². The van der Waals surface area contributed by atoms with E-state index in [4.69, 9.17) is 9.52 Å². The monoisotopic (exact) mass is 279 g/mol. The summed E-state index contributed by atoms with van der Waals surface area (Å²) in [5.41, 5.74) is 0.692. The minimum absolute atomic E-state index is 0.0604. The molecule has 0 spiro atoms. The third kappa shape index (κ3) is 3.85. The smallest absolute Gasteiger partial charge is 0.372 e. The van der Waals surface area contributed by atoms with Gasteiger partial charge in [0.2, 0.25) is 5.76 Å². The third-order valence-electron chi connectivity index (χ3n) is 4.44. The van der Waals surface area contributed by atoms with Crippen LogP contribution < -0.4 is 5.32 Å². The minimum atomic E-state index is -0.994. The van der Waals surface area contributed by atoms with Gasteiger partial charge in [-0.2, -0.15) is 0 Å². The molecule has 0 amide bonds. The first kappa shape index (κ1) is 15.1. The molecule has 0 aromatic carbocycles. The second kappa shape index (κ2) is 6.93. The lowest BCUT2D eigenvalue weighted by atomic mass is 9.81. The maximum Gasteiger partial charge on any atom is 0.372 e. The van der Waals surface area contributed by atoms with Crippen LogP contribution in [0.4, 0.5) is 0 Å². The molecule has 0 saturated heterocycles. The Morgan fingerprint density at radius 2 is 2.00 bits per heavy atom. The average molecular weight is 279 g/mol. The first-order valence-corrected chi connectivity index (χ1v) is 7.63. The Balaban J connectivity index is 1.73. The van der Waals surface area contributed by atoms with Crippen molar-refractivity contribution in [1.82, 2.24) is 5.32 Å². The molecule has 1 heterocycles. The van der Waals surface area contributed by atoms with Gasteiger partial charge < -0.3 is 14.8 Å². The van der Waals surface area contributed by atoms with Crippen molar-refractivity contribution in [3.63, 3.8) is 0 Å². The molecule has 1 saturated carbocycles. The topological polar surface area (TPSA) is 62.5 Å². The second-order valence-electron chi connectivity index (χ2n) is 5.96. The SMILES string of the molecule is CCC1CCC(CNCc2cc(C)c(C(=O)O)o2)CC1. The molecule has 0 unspecified atom stereocenters. The van der Waals surface area contributed by atoms with Crippen molar-refractivity contribution < 1.29 is 14.3 Å². The highest BCUT2D eigenvalue weighted by Gasteiger charge is 2.20. The summed E-state index contributed by atoms with van der Waals surface area (Å²) in [5, 5.41) is 12.3. The number of hydrogen-bond donors (Lipinski definition) is 2. The summed E-state index contributed by atoms with van der Waals surface area (Å²) in [4.78, 5) is 10.9. The Kier molecular flexibility index (Phi) is 5.24. The molecule has 2 rings (SSSR count). The molecule has 112 valence electrons. The predicted molar refractivity (Wildman–Crippen MR) is 77.9 cm³/mol. The van der Waals surface area contributed by atoms with Crippen LogP contribution in [-0.4, -0.2) is 17.6 Å². The van der Waals surface area contributed by atoms with Crippen LogP contribution in [-0.2, 0) is 6.54 Å². The van der Waals surface area contributed by atoms with Gasteiger partial charge in [-0.25, -0.2) is 4.79 Å². The fourth-order valence-electron chi connectivity index (χ4n) is 3.09. The van der Waals surface area contributed by atoms with Crippen LogP contribution in [0.25, 0.3) is 0 Å². The van der Waals surface area contributed by atoms with Crippen LogP contribution in [0.5, 0.6) is 0 Å². The summed E-state index contributed by atoms with van der Waals surface area (Å²) < 4.78 is 5.34. The van der Waals surface area contributed by atoms with E-state index < -0.39 is 5.97 Å². The van der Waals surface area contributed by atoms with Crippen LogP contribution in [0.3, 0.4) is 0 Å². The standard InChI is InChI=1S/C16H25NO3/c1-3-12-4-6-13(7-5-12)9-17-10-14-8-11(2)15(20-14)16(18)19/h8,12-13,17H,3-7,9-10H2,1-2H3,(H,18,19). The van der Waals surface area contributed by atoms with Crippen LogP contribution in [0.15, 0.2) is 10.5 Å². The second-order valence-corrected chi connectivity index (χ2v) is 5.96. The molecule has 1 aromatic rings. The molecule has 1 aliphatic carbocycles. The Morgan fingerprint density at radius 1 is 1.35 bits per heavy atom. The Hall–Kier alpha value is -1.29. The van der Waals surface area contributed by atoms with E-state index in [1.807, 2.05) is 6.07 Å². The lowest BCUT2D eigenvalue weighted by Gasteiger charge is -2.27. The fourth-order valence-corrected chi connectivity index (χ4v) is 3.09. The summed E-state index contributed by atoms with van der Waals surface area (Å²) in [7, 11) is 0. The van der Waals surface area contributed by atoms with Gasteiger partial charge >= 0.3 is 5.97 Å². The number of carboxylic acids is 1. The van der Waals surface area contributed by atoms with Gasteiger partial charge in [-0.1, -0.05) is 26.2 Å². The quantitative estimate of drug-likeness (QED) is 0.835. The summed E-state index contributed by atoms with van der Waals surface area (Å²) in [6.07, 6.45) is 6.63. The zero-order valence-electron chi connectivity index (χ0n) is 12.4. The Bertz CT molecular complexity index is 445. The highest BCUT2D eigenvalue weighted by Crippen LogP contribution is 2.30. The molecule has 1 aliphatic rings. The number of aromatic carboxylic acids is 1. The fraction of sp³-hybridized carbons (Fsp3) is 0.688. The molecule has 1 fully saturated rings. The molecular formula is C16H25NO3. The molecular weight excluding hydrogens is 254 g/mol. The van der Waals surface area contributed by atoms with Crippen molar-refractivity contribution in [1.29, 1.82) is 0 Å². The average Bonchev–Trinajstić information content (AvgIpc) is 2.81. The van der Waals surface area contributed by atoms with E-state index in [1.54, 1.807) is 6.92 Å². The van der Waals surface area contributed by atoms with Gasteiger partial charge in [0, 0.05) is 5.56 Å². The first-order valence-electron chi connectivity index (χ1n) is 7.63. The molecule has 4 nitrogen and oxygen atoms in total. The molecule has 1 aromatic heterocycles. The van der Waals surface area contributed by atoms with E-state index in [2.05, 4.69) is 12.2 Å². The highest BCUT2D eigenvalue weighted by molar-refractivity contribution is 5.86. The Labute approximate surface area is 120 Å². The minimum Gasteiger partial charge on any atom is -0.475 e. The maximum absolute atomic E-state index is 10.9. The molecule has 20 heavy (non-hydrogen) atoms. The van der Waals surface area contributed by atoms with Crippen molar-refractivity contribution in [2.45, 2.75) is 52.5 Å². The van der Waals surface area contributed by atoms with E-state index in [-0.39, 0.29) is 5.76 Å². The van der Waals surface area contributed by atoms with Crippen LogP contribution >= 0.6 is 0 Å². The summed E-state index contributed by atoms with van der Waals surface area (Å²) >= 11 is 0. The van der Waals surface area contributed by atoms with Gasteiger partial charge in [-0.05, 0) is 44.2 Å². The lowest BCUT2D eigenvalue weighted by molar-refractivity contribution is 0.0659. The van der Waals surface area contributed by atoms with Crippen molar-refractivity contribution in [2.75, 3.05) is 6.54 Å².